The molecule has 0 saturated heterocycles. The van der Waals surface area contributed by atoms with Gasteiger partial charge in [0, 0.05) is 24.5 Å². The second-order valence-corrected chi connectivity index (χ2v) is 6.77. The van der Waals surface area contributed by atoms with Crippen LogP contribution < -0.4 is 10.0 Å². The van der Waals surface area contributed by atoms with Crippen LogP contribution in [-0.2, 0) is 10.0 Å². The molecule has 0 aliphatic rings. The van der Waals surface area contributed by atoms with Gasteiger partial charge in [0.2, 0.25) is 10.0 Å². The van der Waals surface area contributed by atoms with Gasteiger partial charge in [0.1, 0.15) is 0 Å². The highest BCUT2D eigenvalue weighted by molar-refractivity contribution is 7.89. The van der Waals surface area contributed by atoms with Crippen molar-refractivity contribution >= 4 is 15.9 Å². The standard InChI is InChI=1S/C16H19N3O3S/c1-3-18-23(21,22)15-6-4-5-14(11-15)16(20)19-12(2)13-7-9-17-10-8-13/h4-12,18H,3H2,1-2H3,(H,19,20). The van der Waals surface area contributed by atoms with Gasteiger partial charge in [-0.1, -0.05) is 13.0 Å². The minimum absolute atomic E-state index is 0.0727. The Morgan fingerprint density at radius 3 is 2.57 bits per heavy atom. The highest BCUT2D eigenvalue weighted by atomic mass is 32.2. The molecule has 6 nitrogen and oxygen atoms in total. The van der Waals surface area contributed by atoms with E-state index in [1.807, 2.05) is 19.1 Å². The Labute approximate surface area is 136 Å². The molecule has 1 unspecified atom stereocenters. The SMILES string of the molecule is CCNS(=O)(=O)c1cccc(C(=O)NC(C)c2ccncc2)c1. The van der Waals surface area contributed by atoms with Crippen molar-refractivity contribution < 1.29 is 13.2 Å². The van der Waals surface area contributed by atoms with Crippen LogP contribution in [0.1, 0.15) is 35.8 Å². The molecule has 0 spiro atoms. The van der Waals surface area contributed by atoms with E-state index in [0.717, 1.165) is 5.56 Å². The summed E-state index contributed by atoms with van der Waals surface area (Å²) in [5.74, 6) is -0.331. The van der Waals surface area contributed by atoms with E-state index in [1.54, 1.807) is 31.5 Å². The molecule has 23 heavy (non-hydrogen) atoms. The Bertz CT molecular complexity index is 776. The molecule has 0 bridgehead atoms. The summed E-state index contributed by atoms with van der Waals surface area (Å²) in [6, 6.07) is 9.39. The van der Waals surface area contributed by atoms with Crippen LogP contribution in [0.5, 0.6) is 0 Å². The summed E-state index contributed by atoms with van der Waals surface area (Å²) >= 11 is 0. The number of aromatic nitrogens is 1. The van der Waals surface area contributed by atoms with Crippen LogP contribution in [0.3, 0.4) is 0 Å². The van der Waals surface area contributed by atoms with Gasteiger partial charge < -0.3 is 5.32 Å². The molecule has 0 saturated carbocycles. The van der Waals surface area contributed by atoms with Crippen molar-refractivity contribution in [2.75, 3.05) is 6.54 Å². The Morgan fingerprint density at radius 1 is 1.22 bits per heavy atom. The number of benzene rings is 1. The molecular weight excluding hydrogens is 314 g/mol. The van der Waals surface area contributed by atoms with Gasteiger partial charge in [-0.15, -0.1) is 0 Å². The van der Waals surface area contributed by atoms with Gasteiger partial charge in [-0.05, 0) is 42.8 Å². The molecular formula is C16H19N3O3S. The third kappa shape index (κ3) is 4.37. The Kier molecular flexibility index (Phi) is 5.46. The number of carbonyl (C=O) groups excluding carboxylic acids is 1. The van der Waals surface area contributed by atoms with E-state index in [1.165, 1.54) is 12.1 Å². The van der Waals surface area contributed by atoms with Crippen LogP contribution >= 0.6 is 0 Å². The summed E-state index contributed by atoms with van der Waals surface area (Å²) in [4.78, 5) is 16.3. The molecule has 1 aromatic carbocycles. The molecule has 0 aliphatic carbocycles. The van der Waals surface area contributed by atoms with E-state index in [-0.39, 0.29) is 23.4 Å². The van der Waals surface area contributed by atoms with Gasteiger partial charge in [0.25, 0.3) is 5.91 Å². The zero-order valence-corrected chi connectivity index (χ0v) is 13.8. The van der Waals surface area contributed by atoms with Crippen LogP contribution in [0.15, 0.2) is 53.7 Å². The number of amides is 1. The summed E-state index contributed by atoms with van der Waals surface area (Å²) < 4.78 is 26.4. The fraction of sp³-hybridized carbons (Fsp3) is 0.250. The molecule has 2 N–H and O–H groups in total. The maximum atomic E-state index is 12.3. The molecule has 0 radical (unpaired) electrons. The average molecular weight is 333 g/mol. The fourth-order valence-electron chi connectivity index (χ4n) is 2.09. The molecule has 1 amide bonds. The lowest BCUT2D eigenvalue weighted by atomic mass is 10.1. The predicted molar refractivity (Wildman–Crippen MR) is 87.4 cm³/mol. The first kappa shape index (κ1) is 17.1. The van der Waals surface area contributed by atoms with Crippen molar-refractivity contribution in [2.45, 2.75) is 24.8 Å². The van der Waals surface area contributed by atoms with E-state index in [9.17, 15) is 13.2 Å². The predicted octanol–water partition coefficient (Wildman–Crippen LogP) is 1.87. The smallest absolute Gasteiger partial charge is 0.251 e. The Balaban J connectivity index is 2.17. The third-order valence-electron chi connectivity index (χ3n) is 3.29. The Hall–Kier alpha value is -2.25. The number of rotatable bonds is 6. The van der Waals surface area contributed by atoms with Crippen LogP contribution in [0, 0.1) is 0 Å². The van der Waals surface area contributed by atoms with Gasteiger partial charge in [0.05, 0.1) is 10.9 Å². The normalized spacial score (nSPS) is 12.6. The second kappa shape index (κ2) is 7.34. The molecule has 1 aromatic heterocycles. The number of nitrogens with zero attached hydrogens (tertiary/aromatic N) is 1. The summed E-state index contributed by atoms with van der Waals surface area (Å²) in [5.41, 5.74) is 1.22. The van der Waals surface area contributed by atoms with Crippen molar-refractivity contribution in [3.63, 3.8) is 0 Å². The highest BCUT2D eigenvalue weighted by Gasteiger charge is 2.16. The van der Waals surface area contributed by atoms with Gasteiger partial charge in [0.15, 0.2) is 0 Å². The molecule has 1 atom stereocenters. The minimum Gasteiger partial charge on any atom is -0.346 e. The van der Waals surface area contributed by atoms with E-state index in [2.05, 4.69) is 15.0 Å². The third-order valence-corrected chi connectivity index (χ3v) is 4.84. The maximum absolute atomic E-state index is 12.3. The number of sulfonamides is 1. The van der Waals surface area contributed by atoms with Crippen molar-refractivity contribution in [2.24, 2.45) is 0 Å². The van der Waals surface area contributed by atoms with Crippen molar-refractivity contribution in [3.8, 4) is 0 Å². The number of hydrogen-bond donors (Lipinski definition) is 2. The Morgan fingerprint density at radius 2 is 1.91 bits per heavy atom. The number of nitrogens with one attached hydrogen (secondary N) is 2. The molecule has 0 aliphatic heterocycles. The molecule has 2 aromatic rings. The van der Waals surface area contributed by atoms with Crippen molar-refractivity contribution in [1.29, 1.82) is 0 Å². The first-order valence-electron chi connectivity index (χ1n) is 7.24. The molecule has 0 fully saturated rings. The lowest BCUT2D eigenvalue weighted by Crippen LogP contribution is -2.27. The largest absolute Gasteiger partial charge is 0.346 e. The quantitative estimate of drug-likeness (QED) is 0.845. The summed E-state index contributed by atoms with van der Waals surface area (Å²) in [7, 11) is -3.59. The zero-order chi connectivity index (χ0) is 16.9. The highest BCUT2D eigenvalue weighted by Crippen LogP contribution is 2.14. The van der Waals surface area contributed by atoms with E-state index in [0.29, 0.717) is 5.56 Å². The van der Waals surface area contributed by atoms with Crippen LogP contribution in [0.25, 0.3) is 0 Å². The minimum atomic E-state index is -3.59. The van der Waals surface area contributed by atoms with Gasteiger partial charge in [-0.3, -0.25) is 9.78 Å². The molecule has 7 heteroatoms. The number of pyridine rings is 1. The monoisotopic (exact) mass is 333 g/mol. The maximum Gasteiger partial charge on any atom is 0.251 e. The molecule has 1 heterocycles. The van der Waals surface area contributed by atoms with Gasteiger partial charge in [-0.25, -0.2) is 13.1 Å². The topological polar surface area (TPSA) is 88.2 Å². The molecule has 122 valence electrons. The second-order valence-electron chi connectivity index (χ2n) is 5.00. The zero-order valence-electron chi connectivity index (χ0n) is 13.0. The number of hydrogen-bond acceptors (Lipinski definition) is 4. The van der Waals surface area contributed by atoms with Crippen LogP contribution in [-0.4, -0.2) is 25.9 Å². The van der Waals surface area contributed by atoms with E-state index >= 15 is 0 Å². The van der Waals surface area contributed by atoms with Gasteiger partial charge in [-0.2, -0.15) is 0 Å². The van der Waals surface area contributed by atoms with Crippen LogP contribution in [0.4, 0.5) is 0 Å². The first-order chi connectivity index (χ1) is 10.9. The summed E-state index contributed by atoms with van der Waals surface area (Å²) in [6.45, 7) is 3.84. The number of carbonyl (C=O) groups is 1. The fourth-order valence-corrected chi connectivity index (χ4v) is 3.18. The lowest BCUT2D eigenvalue weighted by molar-refractivity contribution is 0.0939. The average Bonchev–Trinajstić information content (AvgIpc) is 2.55. The van der Waals surface area contributed by atoms with E-state index in [4.69, 9.17) is 0 Å². The lowest BCUT2D eigenvalue weighted by Gasteiger charge is -2.14. The summed E-state index contributed by atoms with van der Waals surface area (Å²) in [6.07, 6.45) is 3.31. The van der Waals surface area contributed by atoms with Crippen molar-refractivity contribution in [3.05, 3.63) is 59.9 Å². The van der Waals surface area contributed by atoms with E-state index < -0.39 is 10.0 Å². The summed E-state index contributed by atoms with van der Waals surface area (Å²) in [5, 5.41) is 2.84. The molecule has 2 rings (SSSR count). The first-order valence-corrected chi connectivity index (χ1v) is 8.73. The van der Waals surface area contributed by atoms with Crippen LogP contribution in [0.2, 0.25) is 0 Å². The van der Waals surface area contributed by atoms with Gasteiger partial charge >= 0.3 is 0 Å². The van der Waals surface area contributed by atoms with Crippen molar-refractivity contribution in [1.82, 2.24) is 15.0 Å².